The Kier molecular flexibility index (Phi) is 4.64. The highest BCUT2D eigenvalue weighted by atomic mass is 16.5. The summed E-state index contributed by atoms with van der Waals surface area (Å²) in [5.74, 6) is 0.596. The smallest absolute Gasteiger partial charge is 0.257 e. The normalized spacial score (nSPS) is 9.88. The van der Waals surface area contributed by atoms with Crippen molar-refractivity contribution in [2.75, 3.05) is 18.9 Å². The van der Waals surface area contributed by atoms with Crippen molar-refractivity contribution < 1.29 is 9.53 Å². The average Bonchev–Trinajstić information content (AvgIpc) is 2.25. The molecule has 0 fully saturated rings. The fourth-order valence-electron chi connectivity index (χ4n) is 1.29. The van der Waals surface area contributed by atoms with Crippen LogP contribution in [0, 0.1) is 6.92 Å². The third-order valence-corrected chi connectivity index (χ3v) is 2.13. The Bertz CT molecular complexity index is 364. The Balaban J connectivity index is 2.45. The molecule has 4 nitrogen and oxygen atoms in total. The first-order valence-electron chi connectivity index (χ1n) is 5.39. The molecule has 0 saturated heterocycles. The molecule has 3 N–H and O–H groups in total. The van der Waals surface area contributed by atoms with Crippen molar-refractivity contribution in [3.63, 3.8) is 0 Å². The predicted octanol–water partition coefficient (Wildman–Crippen LogP) is 1.48. The molecule has 88 valence electrons. The van der Waals surface area contributed by atoms with Gasteiger partial charge in [-0.05, 0) is 37.1 Å². The van der Waals surface area contributed by atoms with Crippen molar-refractivity contribution in [1.82, 2.24) is 5.32 Å². The standard InChI is InChI=1S/C12H18N2O2/c1-3-6-14-12(15)8-16-11-5-4-10(13)7-9(11)2/h4-5,7H,3,6,8,13H2,1-2H3,(H,14,15). The van der Waals surface area contributed by atoms with Gasteiger partial charge in [0.15, 0.2) is 6.61 Å². The van der Waals surface area contributed by atoms with Crippen molar-refractivity contribution in [3.05, 3.63) is 23.8 Å². The van der Waals surface area contributed by atoms with Crippen LogP contribution < -0.4 is 15.8 Å². The molecule has 4 heteroatoms. The van der Waals surface area contributed by atoms with Crippen LogP contribution in [0.25, 0.3) is 0 Å². The van der Waals surface area contributed by atoms with Gasteiger partial charge in [-0.2, -0.15) is 0 Å². The van der Waals surface area contributed by atoms with E-state index in [9.17, 15) is 4.79 Å². The zero-order valence-electron chi connectivity index (χ0n) is 9.75. The van der Waals surface area contributed by atoms with Crippen molar-refractivity contribution in [3.8, 4) is 5.75 Å². The molecule has 1 amide bonds. The van der Waals surface area contributed by atoms with E-state index in [1.54, 1.807) is 12.1 Å². The number of nitrogens with one attached hydrogen (secondary N) is 1. The number of anilines is 1. The van der Waals surface area contributed by atoms with Gasteiger partial charge in [0.1, 0.15) is 5.75 Å². The summed E-state index contributed by atoms with van der Waals surface area (Å²) in [7, 11) is 0. The lowest BCUT2D eigenvalue weighted by Gasteiger charge is -2.09. The Morgan fingerprint density at radius 1 is 1.50 bits per heavy atom. The van der Waals surface area contributed by atoms with E-state index in [4.69, 9.17) is 10.5 Å². The lowest BCUT2D eigenvalue weighted by molar-refractivity contribution is -0.123. The fourth-order valence-corrected chi connectivity index (χ4v) is 1.29. The summed E-state index contributed by atoms with van der Waals surface area (Å²) in [6.07, 6.45) is 0.923. The minimum absolute atomic E-state index is 0.0464. The van der Waals surface area contributed by atoms with E-state index < -0.39 is 0 Å². The highest BCUT2D eigenvalue weighted by Gasteiger charge is 2.03. The fraction of sp³-hybridized carbons (Fsp3) is 0.417. The van der Waals surface area contributed by atoms with E-state index in [0.717, 1.165) is 12.0 Å². The number of aryl methyl sites for hydroxylation is 1. The Labute approximate surface area is 95.8 Å². The van der Waals surface area contributed by atoms with Gasteiger partial charge in [-0.15, -0.1) is 0 Å². The minimum atomic E-state index is -0.0990. The molecule has 1 rings (SSSR count). The predicted molar refractivity (Wildman–Crippen MR) is 64.4 cm³/mol. The Hall–Kier alpha value is -1.71. The number of carbonyl (C=O) groups is 1. The van der Waals surface area contributed by atoms with Gasteiger partial charge in [-0.1, -0.05) is 6.92 Å². The number of nitrogens with two attached hydrogens (primary N) is 1. The van der Waals surface area contributed by atoms with Crippen LogP contribution in [-0.2, 0) is 4.79 Å². The molecule has 0 aliphatic carbocycles. The van der Waals surface area contributed by atoms with Crippen LogP contribution in [0.5, 0.6) is 5.75 Å². The molecule has 0 unspecified atom stereocenters. The molecule has 1 aromatic rings. The molecule has 0 aromatic heterocycles. The SMILES string of the molecule is CCCNC(=O)COc1ccc(N)cc1C. The number of hydrogen-bond donors (Lipinski definition) is 2. The number of carbonyl (C=O) groups excluding carboxylic acids is 1. The molecule has 0 aliphatic heterocycles. The van der Waals surface area contributed by atoms with Gasteiger partial charge < -0.3 is 15.8 Å². The molecule has 0 radical (unpaired) electrons. The lowest BCUT2D eigenvalue weighted by atomic mass is 10.2. The maximum Gasteiger partial charge on any atom is 0.257 e. The second kappa shape index (κ2) is 6.00. The van der Waals surface area contributed by atoms with E-state index in [-0.39, 0.29) is 12.5 Å². The molecular formula is C12H18N2O2. The monoisotopic (exact) mass is 222 g/mol. The Morgan fingerprint density at radius 2 is 2.25 bits per heavy atom. The third kappa shape index (κ3) is 3.81. The summed E-state index contributed by atoms with van der Waals surface area (Å²) < 4.78 is 5.38. The van der Waals surface area contributed by atoms with Gasteiger partial charge in [0, 0.05) is 12.2 Å². The molecular weight excluding hydrogens is 204 g/mol. The van der Waals surface area contributed by atoms with E-state index >= 15 is 0 Å². The molecule has 1 aromatic carbocycles. The number of ether oxygens (including phenoxy) is 1. The largest absolute Gasteiger partial charge is 0.484 e. The minimum Gasteiger partial charge on any atom is -0.484 e. The molecule has 0 bridgehead atoms. The van der Waals surface area contributed by atoms with Crippen LogP contribution in [0.4, 0.5) is 5.69 Å². The molecule has 0 aliphatic rings. The van der Waals surface area contributed by atoms with Crippen molar-refractivity contribution in [2.45, 2.75) is 20.3 Å². The van der Waals surface area contributed by atoms with Crippen LogP contribution in [0.1, 0.15) is 18.9 Å². The second-order valence-electron chi connectivity index (χ2n) is 3.66. The highest BCUT2D eigenvalue weighted by molar-refractivity contribution is 5.77. The topological polar surface area (TPSA) is 64.3 Å². The zero-order chi connectivity index (χ0) is 12.0. The third-order valence-electron chi connectivity index (χ3n) is 2.13. The van der Waals surface area contributed by atoms with Crippen LogP contribution in [0.15, 0.2) is 18.2 Å². The van der Waals surface area contributed by atoms with Gasteiger partial charge >= 0.3 is 0 Å². The summed E-state index contributed by atoms with van der Waals surface area (Å²) in [6.45, 7) is 4.63. The molecule has 0 heterocycles. The summed E-state index contributed by atoms with van der Waals surface area (Å²) in [5, 5.41) is 2.74. The van der Waals surface area contributed by atoms with Crippen LogP contribution >= 0.6 is 0 Å². The van der Waals surface area contributed by atoms with E-state index in [1.165, 1.54) is 0 Å². The van der Waals surface area contributed by atoms with Gasteiger partial charge in [0.2, 0.25) is 0 Å². The summed E-state index contributed by atoms with van der Waals surface area (Å²) in [5.41, 5.74) is 7.24. The van der Waals surface area contributed by atoms with Gasteiger partial charge in [0.05, 0.1) is 0 Å². The van der Waals surface area contributed by atoms with Crippen LogP contribution in [0.2, 0.25) is 0 Å². The number of benzene rings is 1. The summed E-state index contributed by atoms with van der Waals surface area (Å²) in [6, 6.07) is 5.35. The maximum atomic E-state index is 11.3. The van der Waals surface area contributed by atoms with Crippen molar-refractivity contribution >= 4 is 11.6 Å². The maximum absolute atomic E-state index is 11.3. The first-order chi connectivity index (χ1) is 7.63. The first-order valence-corrected chi connectivity index (χ1v) is 5.39. The summed E-state index contributed by atoms with van der Waals surface area (Å²) >= 11 is 0. The van der Waals surface area contributed by atoms with Gasteiger partial charge in [0.25, 0.3) is 5.91 Å². The molecule has 16 heavy (non-hydrogen) atoms. The van der Waals surface area contributed by atoms with Crippen LogP contribution in [-0.4, -0.2) is 19.1 Å². The number of hydrogen-bond acceptors (Lipinski definition) is 3. The van der Waals surface area contributed by atoms with E-state index in [0.29, 0.717) is 18.0 Å². The number of amides is 1. The van der Waals surface area contributed by atoms with Crippen LogP contribution in [0.3, 0.4) is 0 Å². The second-order valence-corrected chi connectivity index (χ2v) is 3.66. The lowest BCUT2D eigenvalue weighted by Crippen LogP contribution is -2.29. The van der Waals surface area contributed by atoms with Gasteiger partial charge in [-0.3, -0.25) is 4.79 Å². The Morgan fingerprint density at radius 3 is 2.88 bits per heavy atom. The summed E-state index contributed by atoms with van der Waals surface area (Å²) in [4.78, 5) is 11.3. The molecule has 0 saturated carbocycles. The molecule has 0 atom stereocenters. The quantitative estimate of drug-likeness (QED) is 0.742. The number of rotatable bonds is 5. The van der Waals surface area contributed by atoms with Gasteiger partial charge in [-0.25, -0.2) is 0 Å². The zero-order valence-corrected chi connectivity index (χ0v) is 9.75. The number of nitrogen functional groups attached to an aromatic ring is 1. The van der Waals surface area contributed by atoms with E-state index in [1.807, 2.05) is 19.9 Å². The molecule has 0 spiro atoms. The highest BCUT2D eigenvalue weighted by Crippen LogP contribution is 2.19. The first kappa shape index (κ1) is 12.4. The van der Waals surface area contributed by atoms with Crippen molar-refractivity contribution in [1.29, 1.82) is 0 Å². The van der Waals surface area contributed by atoms with Crippen molar-refractivity contribution in [2.24, 2.45) is 0 Å². The van der Waals surface area contributed by atoms with E-state index in [2.05, 4.69) is 5.32 Å². The average molecular weight is 222 g/mol.